The zero-order chi connectivity index (χ0) is 10.1. The average molecular weight is 265 g/mol. The molecule has 0 aliphatic rings. The number of hydrogen-bond donors (Lipinski definition) is 0. The molecule has 0 aromatic heterocycles. The number of rotatable bonds is 3. The number of carbonyl (C=O) groups excluding carboxylic acids is 1. The summed E-state index contributed by atoms with van der Waals surface area (Å²) in [6.45, 7) is 2.59. The minimum atomic E-state index is -1.04. The maximum absolute atomic E-state index is 9.47. The van der Waals surface area contributed by atoms with E-state index in [-0.39, 0.29) is 32.7 Å². The Bertz CT molecular complexity index is 160. The van der Waals surface area contributed by atoms with Gasteiger partial charge in [-0.3, -0.25) is 26.5 Å². The Morgan fingerprint density at radius 1 is 1.31 bits per heavy atom. The molecule has 0 bridgehead atoms. The van der Waals surface area contributed by atoms with Gasteiger partial charge in [0.05, 0.1) is 0 Å². The molecule has 0 aromatic rings. The van der Waals surface area contributed by atoms with E-state index in [4.69, 9.17) is 4.79 Å². The van der Waals surface area contributed by atoms with E-state index in [9.17, 15) is 20.2 Å². The maximum Gasteiger partial charge on any atom is 0.261 e. The fraction of sp³-hybridized carbons (Fsp3) is 0.600. The van der Waals surface area contributed by atoms with Gasteiger partial charge in [-0.2, -0.15) is 6.42 Å². The van der Waals surface area contributed by atoms with Crippen LogP contribution in [0.15, 0.2) is 0 Å². The van der Waals surface area contributed by atoms with Crippen LogP contribution in [0.4, 0.5) is 0 Å². The average Bonchev–Trinajstić information content (AvgIpc) is 2.03. The van der Waals surface area contributed by atoms with Gasteiger partial charge in [0.2, 0.25) is 0 Å². The normalized spacial score (nSPS) is 6.92. The van der Waals surface area contributed by atoms with Crippen molar-refractivity contribution in [1.29, 1.82) is 0 Å². The van der Waals surface area contributed by atoms with E-state index in [2.05, 4.69) is 0 Å². The molecule has 0 N–H and O–H groups in total. The minimum Gasteiger partial charge on any atom is -0.542 e. The zero-order valence-corrected chi connectivity index (χ0v) is 10.1. The molecule has 0 aromatic carbocycles. The molecule has 0 rings (SSSR count). The molecule has 0 amide bonds. The largest absolute Gasteiger partial charge is 0.542 e. The van der Waals surface area contributed by atoms with Crippen LogP contribution in [0.3, 0.4) is 0 Å². The van der Waals surface area contributed by atoms with E-state index in [0.29, 0.717) is 6.42 Å². The SMILES string of the molecule is CC[C-]=O.C[C-]([N+](=O)[O-])[N+](=O)[O-].[Y]. The molecule has 0 saturated carbocycles. The molecule has 73 valence electrons. The summed E-state index contributed by atoms with van der Waals surface area (Å²) < 4.78 is 0. The van der Waals surface area contributed by atoms with Gasteiger partial charge in [-0.15, -0.1) is 0 Å². The third-order valence-corrected chi connectivity index (χ3v) is 0.673. The fourth-order valence-corrected chi connectivity index (χ4v) is 0.0667. The molecular weight excluding hydrogens is 257 g/mol. The van der Waals surface area contributed by atoms with E-state index in [1.165, 1.54) is 0 Å². The van der Waals surface area contributed by atoms with Crippen LogP contribution in [0.2, 0.25) is 0 Å². The molecule has 7 nitrogen and oxygen atoms in total. The van der Waals surface area contributed by atoms with Gasteiger partial charge in [0.15, 0.2) is 0 Å². The van der Waals surface area contributed by atoms with Gasteiger partial charge in [0.1, 0.15) is 0 Å². The molecule has 0 spiro atoms. The molecular formula is C5H8N2O5Y-2. The first-order chi connectivity index (χ1) is 5.47. The summed E-state index contributed by atoms with van der Waals surface area (Å²) in [5.74, 6) is 0. The van der Waals surface area contributed by atoms with Crippen LogP contribution in [0.5, 0.6) is 0 Å². The molecule has 1 radical (unpaired) electrons. The van der Waals surface area contributed by atoms with E-state index in [1.807, 2.05) is 0 Å². The predicted molar refractivity (Wildman–Crippen MR) is 38.9 cm³/mol. The van der Waals surface area contributed by atoms with Crippen molar-refractivity contribution in [3.63, 3.8) is 0 Å². The van der Waals surface area contributed by atoms with Gasteiger partial charge in [-0.1, -0.05) is 6.92 Å². The summed E-state index contributed by atoms with van der Waals surface area (Å²) in [6.07, 6.45) is 1.24. The van der Waals surface area contributed by atoms with Crippen molar-refractivity contribution in [2.24, 2.45) is 0 Å². The molecule has 0 aliphatic carbocycles. The standard InChI is InChI=1S/C3H5O.C2H3N2O4.Y/c1-2-3-4;1-2(3(5)6)4(7)8;/h2H2,1H3;1H3;/q2*-1;. The van der Waals surface area contributed by atoms with Crippen molar-refractivity contribution in [1.82, 2.24) is 0 Å². The van der Waals surface area contributed by atoms with Crippen LogP contribution in [0.25, 0.3) is 0 Å². The van der Waals surface area contributed by atoms with Gasteiger partial charge in [0, 0.05) is 32.7 Å². The van der Waals surface area contributed by atoms with Crippen LogP contribution in [-0.2, 0) is 37.5 Å². The van der Waals surface area contributed by atoms with Crippen LogP contribution in [-0.4, -0.2) is 16.1 Å². The zero-order valence-electron chi connectivity index (χ0n) is 7.22. The summed E-state index contributed by atoms with van der Waals surface area (Å²) in [5.41, 5.74) is 0. The Hall–Kier alpha value is -0.556. The van der Waals surface area contributed by atoms with Gasteiger partial charge < -0.3 is 4.79 Å². The first-order valence-corrected chi connectivity index (χ1v) is 2.94. The van der Waals surface area contributed by atoms with Crippen molar-refractivity contribution in [3.8, 4) is 0 Å². The topological polar surface area (TPSA) is 103 Å². The fourth-order valence-electron chi connectivity index (χ4n) is 0.0667. The summed E-state index contributed by atoms with van der Waals surface area (Å²) in [7, 11) is 0. The first-order valence-electron chi connectivity index (χ1n) is 2.94. The molecule has 0 saturated heterocycles. The smallest absolute Gasteiger partial charge is 0.261 e. The monoisotopic (exact) mass is 265 g/mol. The Kier molecular flexibility index (Phi) is 16.1. The second-order valence-electron chi connectivity index (χ2n) is 1.56. The second-order valence-corrected chi connectivity index (χ2v) is 1.56. The van der Waals surface area contributed by atoms with Gasteiger partial charge in [0.25, 0.3) is 6.17 Å². The Balaban J connectivity index is -0.000000173. The molecule has 0 heterocycles. The van der Waals surface area contributed by atoms with Gasteiger partial charge in [-0.25, -0.2) is 0 Å². The Morgan fingerprint density at radius 3 is 1.54 bits per heavy atom. The minimum absolute atomic E-state index is 0. The van der Waals surface area contributed by atoms with Crippen molar-refractivity contribution in [3.05, 3.63) is 26.4 Å². The molecule has 0 unspecified atom stereocenters. The van der Waals surface area contributed by atoms with Crippen molar-refractivity contribution in [2.45, 2.75) is 20.3 Å². The Morgan fingerprint density at radius 2 is 1.54 bits per heavy atom. The quantitative estimate of drug-likeness (QED) is 0.421. The number of nitro groups is 2. The number of hydrogen-bond acceptors (Lipinski definition) is 5. The third-order valence-electron chi connectivity index (χ3n) is 0.673. The van der Waals surface area contributed by atoms with Crippen molar-refractivity contribution in [2.75, 3.05) is 0 Å². The van der Waals surface area contributed by atoms with Gasteiger partial charge in [-0.05, 0) is 16.8 Å². The van der Waals surface area contributed by atoms with Crippen LogP contribution < -0.4 is 0 Å². The van der Waals surface area contributed by atoms with Crippen LogP contribution in [0, 0.1) is 26.4 Å². The second kappa shape index (κ2) is 11.4. The van der Waals surface area contributed by atoms with Crippen molar-refractivity contribution < 1.29 is 47.4 Å². The third kappa shape index (κ3) is 14.3. The Labute approximate surface area is 100 Å². The van der Waals surface area contributed by atoms with Gasteiger partial charge >= 0.3 is 0 Å². The van der Waals surface area contributed by atoms with Crippen LogP contribution >= 0.6 is 0 Å². The molecule has 13 heavy (non-hydrogen) atoms. The summed E-state index contributed by atoms with van der Waals surface area (Å²) in [6, 6.07) is 0. The van der Waals surface area contributed by atoms with Crippen LogP contribution in [0.1, 0.15) is 20.3 Å². The van der Waals surface area contributed by atoms with E-state index >= 15 is 0 Å². The summed E-state index contributed by atoms with van der Waals surface area (Å²) in [5, 5.41) is 18.9. The number of nitrogens with zero attached hydrogens (tertiary/aromatic N) is 2. The van der Waals surface area contributed by atoms with E-state index < -0.39 is 16.0 Å². The molecule has 0 fully saturated rings. The summed E-state index contributed by atoms with van der Waals surface area (Å²) >= 11 is 0. The van der Waals surface area contributed by atoms with E-state index in [1.54, 1.807) is 13.2 Å². The molecule has 0 atom stereocenters. The first kappa shape index (κ1) is 18.3. The van der Waals surface area contributed by atoms with Crippen molar-refractivity contribution >= 4 is 6.29 Å². The van der Waals surface area contributed by atoms with E-state index in [0.717, 1.165) is 6.92 Å². The maximum atomic E-state index is 9.47. The molecule has 0 aliphatic heterocycles. The summed E-state index contributed by atoms with van der Waals surface area (Å²) in [4.78, 5) is 25.9. The molecule has 8 heteroatoms. The predicted octanol–water partition coefficient (Wildman–Crippen LogP) is 0.553.